The van der Waals surface area contributed by atoms with Gasteiger partial charge in [-0.25, -0.2) is 4.79 Å². The molecule has 1 aromatic rings. The molecule has 0 atom stereocenters. The molecular weight excluding hydrogens is 190 g/mol. The van der Waals surface area contributed by atoms with Crippen molar-refractivity contribution in [3.8, 4) is 0 Å². The molecule has 0 aromatic carbocycles. The van der Waals surface area contributed by atoms with E-state index in [0.717, 1.165) is 4.57 Å². The highest BCUT2D eigenvalue weighted by Crippen LogP contribution is 1.88. The average Bonchev–Trinajstić information content (AvgIpc) is 2.10. The first-order valence-electron chi connectivity index (χ1n) is 3.72. The smallest absolute Gasteiger partial charge is 0.349 e. The minimum atomic E-state index is -1.15. The Balaban J connectivity index is 3.41. The number of aliphatic carboxylic acids is 1. The van der Waals surface area contributed by atoms with Gasteiger partial charge in [-0.1, -0.05) is 0 Å². The third-order valence-corrected chi connectivity index (χ3v) is 1.69. The number of aryl methyl sites for hydroxylation is 1. The second-order valence-corrected chi connectivity index (χ2v) is 2.79. The van der Waals surface area contributed by atoms with Crippen LogP contribution in [0.3, 0.4) is 0 Å². The second kappa shape index (κ2) is 3.36. The van der Waals surface area contributed by atoms with Crippen LogP contribution < -0.4 is 17.1 Å². The number of hydrogen-bond acceptors (Lipinski definition) is 4. The molecule has 0 aliphatic rings. The summed E-state index contributed by atoms with van der Waals surface area (Å²) >= 11 is 0. The Morgan fingerprint density at radius 2 is 2.14 bits per heavy atom. The Morgan fingerprint density at radius 3 is 2.64 bits per heavy atom. The highest BCUT2D eigenvalue weighted by Gasteiger charge is 2.10. The molecule has 0 spiro atoms. The van der Waals surface area contributed by atoms with E-state index in [2.05, 4.69) is 0 Å². The van der Waals surface area contributed by atoms with Crippen LogP contribution in [0.2, 0.25) is 0 Å². The fourth-order valence-corrected chi connectivity index (χ4v) is 1.04. The minimum absolute atomic E-state index is 0.0258. The van der Waals surface area contributed by atoms with Gasteiger partial charge in [-0.2, -0.15) is 4.68 Å². The van der Waals surface area contributed by atoms with Crippen LogP contribution in [0.15, 0.2) is 15.8 Å². The van der Waals surface area contributed by atoms with Crippen molar-refractivity contribution in [3.63, 3.8) is 0 Å². The summed E-state index contributed by atoms with van der Waals surface area (Å²) in [6.07, 6.45) is 0.715. The molecule has 3 N–H and O–H groups in total. The lowest BCUT2D eigenvalue weighted by atomic mass is 10.2. The normalized spacial score (nSPS) is 10.1. The quantitative estimate of drug-likeness (QED) is 0.530. The maximum Gasteiger partial charge on any atom is 0.349 e. The third-order valence-electron chi connectivity index (χ3n) is 1.69. The molecule has 1 aromatic heterocycles. The summed E-state index contributed by atoms with van der Waals surface area (Å²) in [6.45, 7) is 0. The van der Waals surface area contributed by atoms with Gasteiger partial charge in [0.1, 0.15) is 0 Å². The summed E-state index contributed by atoms with van der Waals surface area (Å²) in [4.78, 5) is 32.7. The van der Waals surface area contributed by atoms with Crippen molar-refractivity contribution in [2.75, 3.05) is 5.84 Å². The van der Waals surface area contributed by atoms with Crippen molar-refractivity contribution >= 4 is 5.97 Å². The molecule has 14 heavy (non-hydrogen) atoms. The molecule has 0 saturated carbocycles. The van der Waals surface area contributed by atoms with Crippen molar-refractivity contribution in [1.82, 2.24) is 9.24 Å². The van der Waals surface area contributed by atoms with E-state index in [1.165, 1.54) is 13.2 Å². The zero-order chi connectivity index (χ0) is 10.9. The van der Waals surface area contributed by atoms with E-state index in [4.69, 9.17) is 10.9 Å². The van der Waals surface area contributed by atoms with E-state index >= 15 is 0 Å². The van der Waals surface area contributed by atoms with Crippen molar-refractivity contribution in [2.45, 2.75) is 6.42 Å². The summed E-state index contributed by atoms with van der Waals surface area (Å²) in [7, 11) is 1.39. The molecule has 0 radical (unpaired) electrons. The highest BCUT2D eigenvalue weighted by molar-refractivity contribution is 5.69. The van der Waals surface area contributed by atoms with Gasteiger partial charge in [0.15, 0.2) is 0 Å². The van der Waals surface area contributed by atoms with Gasteiger partial charge in [-0.3, -0.25) is 9.59 Å². The SMILES string of the molecule is Cn1cc(CC(=O)O)c(=O)n(N)c1=O. The molecular formula is C7H9N3O4. The van der Waals surface area contributed by atoms with E-state index < -0.39 is 23.6 Å². The van der Waals surface area contributed by atoms with Crippen LogP contribution in [-0.2, 0) is 18.3 Å². The standard InChI is InChI=1S/C7H9N3O4/c1-9-3-4(2-5(11)12)6(13)10(8)7(9)14/h3H,2,8H2,1H3,(H,11,12). The lowest BCUT2D eigenvalue weighted by Gasteiger charge is -2.03. The molecule has 0 fully saturated rings. The summed E-state index contributed by atoms with van der Waals surface area (Å²) in [5.41, 5.74) is -1.50. The molecule has 0 aliphatic heterocycles. The van der Waals surface area contributed by atoms with Crippen LogP contribution >= 0.6 is 0 Å². The monoisotopic (exact) mass is 199 g/mol. The second-order valence-electron chi connectivity index (χ2n) is 2.79. The molecule has 0 amide bonds. The summed E-state index contributed by atoms with van der Waals surface area (Å²) in [5, 5.41) is 8.47. The Morgan fingerprint density at radius 1 is 1.57 bits per heavy atom. The Labute approximate surface area is 78.0 Å². The Bertz CT molecular complexity index is 485. The van der Waals surface area contributed by atoms with Gasteiger partial charge >= 0.3 is 11.7 Å². The number of aromatic nitrogens is 2. The molecule has 1 heterocycles. The van der Waals surface area contributed by atoms with Gasteiger partial charge in [0, 0.05) is 18.8 Å². The maximum atomic E-state index is 11.2. The first-order chi connectivity index (χ1) is 6.43. The van der Waals surface area contributed by atoms with Crippen molar-refractivity contribution in [2.24, 2.45) is 7.05 Å². The number of nitrogen functional groups attached to an aromatic ring is 1. The van der Waals surface area contributed by atoms with Crippen molar-refractivity contribution in [3.05, 3.63) is 32.6 Å². The highest BCUT2D eigenvalue weighted by atomic mass is 16.4. The Kier molecular flexibility index (Phi) is 2.41. The Hall–Kier alpha value is -2.05. The largest absolute Gasteiger partial charge is 0.481 e. The summed E-state index contributed by atoms with van der Waals surface area (Å²) in [5.74, 6) is 3.99. The molecule has 1 rings (SSSR count). The number of hydrogen-bond donors (Lipinski definition) is 2. The lowest BCUT2D eigenvalue weighted by molar-refractivity contribution is -0.136. The van der Waals surface area contributed by atoms with Crippen molar-refractivity contribution in [1.29, 1.82) is 0 Å². The lowest BCUT2D eigenvalue weighted by Crippen LogP contribution is -2.45. The molecule has 0 unspecified atom stereocenters. The van der Waals surface area contributed by atoms with Gasteiger partial charge in [0.2, 0.25) is 0 Å². The summed E-state index contributed by atoms with van der Waals surface area (Å²) in [6, 6.07) is 0. The molecule has 7 heteroatoms. The molecule has 0 bridgehead atoms. The van der Waals surface area contributed by atoms with E-state index in [1.807, 2.05) is 0 Å². The minimum Gasteiger partial charge on any atom is -0.481 e. The average molecular weight is 199 g/mol. The first-order valence-corrected chi connectivity index (χ1v) is 3.72. The molecule has 7 nitrogen and oxygen atoms in total. The van der Waals surface area contributed by atoms with E-state index in [0.29, 0.717) is 4.68 Å². The predicted octanol–water partition coefficient (Wildman–Crippen LogP) is -2.11. The number of carboxylic acids is 1. The molecule has 76 valence electrons. The van der Waals surface area contributed by atoms with Crippen LogP contribution in [-0.4, -0.2) is 20.3 Å². The third kappa shape index (κ3) is 1.65. The van der Waals surface area contributed by atoms with Gasteiger partial charge in [-0.05, 0) is 0 Å². The zero-order valence-corrected chi connectivity index (χ0v) is 7.43. The number of carbonyl (C=O) groups is 1. The fraction of sp³-hybridized carbons (Fsp3) is 0.286. The topological polar surface area (TPSA) is 107 Å². The number of nitrogens with zero attached hydrogens (tertiary/aromatic N) is 2. The molecule has 0 aliphatic carbocycles. The van der Waals surface area contributed by atoms with E-state index in [-0.39, 0.29) is 5.56 Å². The van der Waals surface area contributed by atoms with Crippen LogP contribution in [0, 0.1) is 0 Å². The number of carboxylic acid groups (broad SMARTS) is 1. The van der Waals surface area contributed by atoms with Crippen LogP contribution in [0.4, 0.5) is 0 Å². The van der Waals surface area contributed by atoms with Gasteiger partial charge in [-0.15, -0.1) is 0 Å². The summed E-state index contributed by atoms with van der Waals surface area (Å²) < 4.78 is 1.44. The molecule has 0 saturated heterocycles. The first kappa shape index (κ1) is 10.0. The van der Waals surface area contributed by atoms with Crippen molar-refractivity contribution < 1.29 is 9.90 Å². The van der Waals surface area contributed by atoms with Crippen LogP contribution in [0.25, 0.3) is 0 Å². The van der Waals surface area contributed by atoms with Gasteiger partial charge in [0.05, 0.1) is 6.42 Å². The number of nitrogens with two attached hydrogens (primary N) is 1. The van der Waals surface area contributed by atoms with Crippen LogP contribution in [0.5, 0.6) is 0 Å². The number of rotatable bonds is 2. The zero-order valence-electron chi connectivity index (χ0n) is 7.43. The fourth-order valence-electron chi connectivity index (χ4n) is 1.04. The van der Waals surface area contributed by atoms with E-state index in [1.54, 1.807) is 0 Å². The van der Waals surface area contributed by atoms with Crippen LogP contribution in [0.1, 0.15) is 5.56 Å². The van der Waals surface area contributed by atoms with E-state index in [9.17, 15) is 14.4 Å². The van der Waals surface area contributed by atoms with Gasteiger partial charge in [0.25, 0.3) is 5.56 Å². The predicted molar refractivity (Wildman–Crippen MR) is 47.4 cm³/mol. The maximum absolute atomic E-state index is 11.2. The van der Waals surface area contributed by atoms with Gasteiger partial charge < -0.3 is 15.5 Å².